The van der Waals surface area contributed by atoms with Crippen LogP contribution in [0.2, 0.25) is 0 Å². The van der Waals surface area contributed by atoms with E-state index in [2.05, 4.69) is 13.3 Å². The van der Waals surface area contributed by atoms with E-state index in [0.29, 0.717) is 0 Å². The van der Waals surface area contributed by atoms with E-state index in [4.69, 9.17) is 0 Å². The molecule has 0 aromatic rings. The van der Waals surface area contributed by atoms with Gasteiger partial charge in [-0.2, -0.15) is 0 Å². The van der Waals surface area contributed by atoms with E-state index in [1.807, 2.05) is 13.3 Å². The second-order valence-electron chi connectivity index (χ2n) is 0.707. The first-order chi connectivity index (χ1) is 2.83. The van der Waals surface area contributed by atoms with E-state index in [9.17, 15) is 0 Å². The zero-order valence-corrected chi connectivity index (χ0v) is 9.76. The maximum atomic E-state index is 3.51. The standard InChI is InChI=1S/2C2H6P.W/c2*1-3-2;/h2*3H,1H2,2H3;/q2*-1;+2. The summed E-state index contributed by atoms with van der Waals surface area (Å²) < 4.78 is 0. The molecule has 0 heterocycles. The summed E-state index contributed by atoms with van der Waals surface area (Å²) in [5, 5.41) is 0. The summed E-state index contributed by atoms with van der Waals surface area (Å²) in [6, 6.07) is 0. The van der Waals surface area contributed by atoms with Gasteiger partial charge < -0.3 is 13.3 Å². The summed E-state index contributed by atoms with van der Waals surface area (Å²) in [4.78, 5) is 0. The second-order valence-corrected chi connectivity index (χ2v) is 2.12. The molecule has 2 atom stereocenters. The molecule has 0 nitrogen and oxygen atoms in total. The van der Waals surface area contributed by atoms with Crippen LogP contribution in [-0.4, -0.2) is 13.3 Å². The number of hydrogen-bond acceptors (Lipinski definition) is 0. The van der Waals surface area contributed by atoms with Crippen LogP contribution in [0.15, 0.2) is 0 Å². The smallest absolute Gasteiger partial charge is 0.320 e. The first kappa shape index (κ1) is 15.8. The summed E-state index contributed by atoms with van der Waals surface area (Å²) in [5.41, 5.74) is 0. The zero-order chi connectivity index (χ0) is 5.41. The van der Waals surface area contributed by atoms with Crippen LogP contribution in [0, 0.1) is 13.3 Å². The van der Waals surface area contributed by atoms with Gasteiger partial charge in [0.15, 0.2) is 0 Å². The predicted molar refractivity (Wildman–Crippen MR) is 39.2 cm³/mol. The van der Waals surface area contributed by atoms with Gasteiger partial charge in [0, 0.05) is 0 Å². The van der Waals surface area contributed by atoms with Gasteiger partial charge in [0.25, 0.3) is 0 Å². The van der Waals surface area contributed by atoms with Gasteiger partial charge >= 0.3 is 21.1 Å². The van der Waals surface area contributed by atoms with Crippen LogP contribution in [0.3, 0.4) is 0 Å². The molecule has 0 radical (unpaired) electrons. The van der Waals surface area contributed by atoms with Crippen molar-refractivity contribution in [1.29, 1.82) is 0 Å². The quantitative estimate of drug-likeness (QED) is 0.475. The largest absolute Gasteiger partial charge is 2.00 e. The Bertz CT molecular complexity index is 11.7. The molecule has 0 spiro atoms. The Hall–Kier alpha value is 1.55. The van der Waals surface area contributed by atoms with Crippen LogP contribution in [0.4, 0.5) is 0 Å². The van der Waals surface area contributed by atoms with Crippen molar-refractivity contribution in [2.24, 2.45) is 0 Å². The second kappa shape index (κ2) is 25.7. The van der Waals surface area contributed by atoms with E-state index >= 15 is 0 Å². The minimum absolute atomic E-state index is 0. The van der Waals surface area contributed by atoms with Gasteiger partial charge in [-0.15, -0.1) is 0 Å². The van der Waals surface area contributed by atoms with Gasteiger partial charge in [0.05, 0.1) is 0 Å². The summed E-state index contributed by atoms with van der Waals surface area (Å²) in [7, 11) is 1.67. The van der Waals surface area contributed by atoms with Gasteiger partial charge in [-0.1, -0.05) is 13.3 Å². The maximum absolute atomic E-state index is 3.51. The van der Waals surface area contributed by atoms with Crippen LogP contribution in [0.1, 0.15) is 0 Å². The Kier molecular flexibility index (Phi) is 58.1. The van der Waals surface area contributed by atoms with Crippen molar-refractivity contribution in [3.8, 4) is 0 Å². The van der Waals surface area contributed by atoms with Crippen LogP contribution in [0.25, 0.3) is 0 Å². The summed E-state index contributed by atoms with van der Waals surface area (Å²) in [6.07, 6.45) is 0. The van der Waals surface area contributed by atoms with Crippen molar-refractivity contribution >= 4 is 17.2 Å². The van der Waals surface area contributed by atoms with E-state index in [1.165, 1.54) is 0 Å². The van der Waals surface area contributed by atoms with E-state index in [1.54, 1.807) is 0 Å². The Morgan fingerprint density at radius 2 is 1.00 bits per heavy atom. The van der Waals surface area contributed by atoms with Crippen LogP contribution in [-0.2, 0) is 21.1 Å². The fraction of sp³-hybridized carbons (Fsp3) is 0.500. The van der Waals surface area contributed by atoms with Crippen LogP contribution >= 0.6 is 17.2 Å². The number of rotatable bonds is 0. The van der Waals surface area contributed by atoms with Gasteiger partial charge in [-0.05, 0) is 0 Å². The maximum Gasteiger partial charge on any atom is 2.00 e. The minimum atomic E-state index is 0. The Labute approximate surface area is 65.1 Å². The summed E-state index contributed by atoms with van der Waals surface area (Å²) in [6.45, 7) is 11.1. The molecule has 0 saturated carbocycles. The van der Waals surface area contributed by atoms with Crippen molar-refractivity contribution in [3.63, 3.8) is 0 Å². The third-order valence-corrected chi connectivity index (χ3v) is 0. The Balaban J connectivity index is -0.0000000400. The van der Waals surface area contributed by atoms with E-state index in [-0.39, 0.29) is 21.1 Å². The van der Waals surface area contributed by atoms with Crippen LogP contribution < -0.4 is 0 Å². The molecule has 7 heavy (non-hydrogen) atoms. The van der Waals surface area contributed by atoms with Crippen LogP contribution in [0.5, 0.6) is 0 Å². The van der Waals surface area contributed by atoms with Crippen molar-refractivity contribution < 1.29 is 21.1 Å². The van der Waals surface area contributed by atoms with Gasteiger partial charge in [-0.25, -0.2) is 0 Å². The molecule has 0 fully saturated rings. The molecule has 0 rings (SSSR count). The molecular weight excluding hydrogens is 294 g/mol. The molecule has 0 amide bonds. The monoisotopic (exact) mass is 306 g/mol. The SMILES string of the molecule is [CH2-]PC.[CH2-]PC.[W+2]. The summed E-state index contributed by atoms with van der Waals surface area (Å²) >= 11 is 0. The van der Waals surface area contributed by atoms with Crippen molar-refractivity contribution in [3.05, 3.63) is 13.3 Å². The molecule has 0 saturated heterocycles. The van der Waals surface area contributed by atoms with E-state index in [0.717, 1.165) is 17.2 Å². The molecule has 0 aliphatic carbocycles. The first-order valence-electron chi connectivity index (χ1n) is 1.71. The third-order valence-electron chi connectivity index (χ3n) is 0. The van der Waals surface area contributed by atoms with E-state index < -0.39 is 0 Å². The first-order valence-corrected chi connectivity index (χ1v) is 5.12. The molecule has 0 N–H and O–H groups in total. The average molecular weight is 306 g/mol. The zero-order valence-electron chi connectivity index (χ0n) is 4.82. The third kappa shape index (κ3) is 96.9. The number of hydrogen-bond donors (Lipinski definition) is 0. The molecule has 44 valence electrons. The molecule has 2 unspecified atom stereocenters. The Morgan fingerprint density at radius 3 is 1.00 bits per heavy atom. The van der Waals surface area contributed by atoms with Crippen molar-refractivity contribution in [2.75, 3.05) is 13.3 Å². The van der Waals surface area contributed by atoms with Gasteiger partial charge in [0.2, 0.25) is 0 Å². The fourth-order valence-electron chi connectivity index (χ4n) is 0. The molecule has 0 aromatic carbocycles. The van der Waals surface area contributed by atoms with Gasteiger partial charge in [0.1, 0.15) is 0 Å². The van der Waals surface area contributed by atoms with Gasteiger partial charge in [-0.3, -0.25) is 17.2 Å². The topological polar surface area (TPSA) is 0 Å². The fourth-order valence-corrected chi connectivity index (χ4v) is 0. The molecular formula is C4H12P2W. The molecule has 0 aromatic heterocycles. The Morgan fingerprint density at radius 1 is 1.00 bits per heavy atom. The van der Waals surface area contributed by atoms with Crippen molar-refractivity contribution in [2.45, 2.75) is 0 Å². The summed E-state index contributed by atoms with van der Waals surface area (Å²) in [5.74, 6) is 0. The molecule has 3 heteroatoms. The average Bonchev–Trinajstić information content (AvgIpc) is 1.39. The molecule has 0 aliphatic rings. The normalized spacial score (nSPS) is 8.57. The molecule has 0 aliphatic heterocycles. The van der Waals surface area contributed by atoms with Crippen molar-refractivity contribution in [1.82, 2.24) is 0 Å². The minimum Gasteiger partial charge on any atom is -0.320 e. The predicted octanol–water partition coefficient (Wildman–Crippen LogP) is 2.17. The molecule has 0 bridgehead atoms.